The van der Waals surface area contributed by atoms with E-state index in [1.165, 1.54) is 12.8 Å². The normalized spacial score (nSPS) is 15.9. The molecule has 86 valence electrons. The molecule has 2 heteroatoms. The summed E-state index contributed by atoms with van der Waals surface area (Å²) in [5.41, 5.74) is 5.55. The molecular weight excluding hydrogens is 172 g/mol. The topological polar surface area (TPSA) is 38.0 Å². The first-order valence-electron chi connectivity index (χ1n) is 5.98. The van der Waals surface area contributed by atoms with Crippen LogP contribution in [0.25, 0.3) is 0 Å². The van der Waals surface area contributed by atoms with E-state index in [1.807, 2.05) is 0 Å². The lowest BCUT2D eigenvalue weighted by Gasteiger charge is -2.16. The summed E-state index contributed by atoms with van der Waals surface area (Å²) in [6.45, 7) is 12.2. The van der Waals surface area contributed by atoms with Crippen LogP contribution in [0.5, 0.6) is 0 Å². The van der Waals surface area contributed by atoms with Gasteiger partial charge in [0.25, 0.3) is 0 Å². The standard InChI is InChI=1S/C12H28N2/c1-10(2)12(4)9-14-7-5-6-11(3)8-13/h10-12,14H,5-9,13H2,1-4H3. The lowest BCUT2D eigenvalue weighted by molar-refractivity contribution is 0.387. The van der Waals surface area contributed by atoms with Gasteiger partial charge >= 0.3 is 0 Å². The van der Waals surface area contributed by atoms with E-state index in [2.05, 4.69) is 33.0 Å². The zero-order valence-electron chi connectivity index (χ0n) is 10.3. The van der Waals surface area contributed by atoms with E-state index in [-0.39, 0.29) is 0 Å². The average Bonchev–Trinajstić information content (AvgIpc) is 2.16. The van der Waals surface area contributed by atoms with Gasteiger partial charge in [-0.1, -0.05) is 27.7 Å². The smallest absolute Gasteiger partial charge is 0.00207 e. The first kappa shape index (κ1) is 13.9. The highest BCUT2D eigenvalue weighted by Crippen LogP contribution is 2.07. The second-order valence-electron chi connectivity index (χ2n) is 4.91. The Morgan fingerprint density at radius 3 is 2.29 bits per heavy atom. The number of hydrogen-bond donors (Lipinski definition) is 2. The summed E-state index contributed by atoms with van der Waals surface area (Å²) < 4.78 is 0. The number of hydrogen-bond acceptors (Lipinski definition) is 2. The minimum absolute atomic E-state index is 0.680. The molecule has 14 heavy (non-hydrogen) atoms. The Hall–Kier alpha value is -0.0800. The molecule has 0 saturated carbocycles. The molecule has 2 unspecified atom stereocenters. The van der Waals surface area contributed by atoms with Gasteiger partial charge in [-0.05, 0) is 50.2 Å². The van der Waals surface area contributed by atoms with Gasteiger partial charge in [0, 0.05) is 0 Å². The van der Waals surface area contributed by atoms with Gasteiger partial charge in [-0.2, -0.15) is 0 Å². The molecule has 0 saturated heterocycles. The monoisotopic (exact) mass is 200 g/mol. The van der Waals surface area contributed by atoms with Crippen molar-refractivity contribution in [2.24, 2.45) is 23.5 Å². The Morgan fingerprint density at radius 2 is 1.79 bits per heavy atom. The fourth-order valence-electron chi connectivity index (χ4n) is 1.26. The zero-order chi connectivity index (χ0) is 11.0. The predicted molar refractivity (Wildman–Crippen MR) is 64.3 cm³/mol. The van der Waals surface area contributed by atoms with E-state index < -0.39 is 0 Å². The van der Waals surface area contributed by atoms with Crippen molar-refractivity contribution in [2.45, 2.75) is 40.5 Å². The van der Waals surface area contributed by atoms with Crippen molar-refractivity contribution in [1.82, 2.24) is 5.32 Å². The van der Waals surface area contributed by atoms with Gasteiger partial charge in [-0.25, -0.2) is 0 Å². The van der Waals surface area contributed by atoms with Crippen LogP contribution in [-0.4, -0.2) is 19.6 Å². The van der Waals surface area contributed by atoms with Crippen LogP contribution in [0.3, 0.4) is 0 Å². The van der Waals surface area contributed by atoms with Crippen LogP contribution in [0.4, 0.5) is 0 Å². The molecule has 0 aromatic rings. The predicted octanol–water partition coefficient (Wildman–Crippen LogP) is 2.24. The minimum atomic E-state index is 0.680. The van der Waals surface area contributed by atoms with E-state index in [0.717, 1.165) is 31.5 Å². The zero-order valence-corrected chi connectivity index (χ0v) is 10.3. The highest BCUT2D eigenvalue weighted by Gasteiger charge is 2.05. The Kier molecular flexibility index (Phi) is 8.20. The maximum Gasteiger partial charge on any atom is -0.00207 e. The van der Waals surface area contributed by atoms with Crippen LogP contribution in [0.2, 0.25) is 0 Å². The van der Waals surface area contributed by atoms with Crippen LogP contribution in [0.15, 0.2) is 0 Å². The average molecular weight is 200 g/mol. The van der Waals surface area contributed by atoms with Crippen LogP contribution in [-0.2, 0) is 0 Å². The van der Waals surface area contributed by atoms with Gasteiger partial charge in [0.1, 0.15) is 0 Å². The lowest BCUT2D eigenvalue weighted by Crippen LogP contribution is -2.25. The van der Waals surface area contributed by atoms with Gasteiger partial charge in [-0.15, -0.1) is 0 Å². The van der Waals surface area contributed by atoms with Crippen LogP contribution in [0, 0.1) is 17.8 Å². The summed E-state index contributed by atoms with van der Waals surface area (Å²) >= 11 is 0. The first-order chi connectivity index (χ1) is 6.57. The van der Waals surface area contributed by atoms with Crippen molar-refractivity contribution in [3.63, 3.8) is 0 Å². The molecule has 0 amide bonds. The van der Waals surface area contributed by atoms with Crippen LogP contribution in [0.1, 0.15) is 40.5 Å². The fourth-order valence-corrected chi connectivity index (χ4v) is 1.26. The maximum absolute atomic E-state index is 5.55. The van der Waals surface area contributed by atoms with E-state index >= 15 is 0 Å². The Labute approximate surface area is 89.6 Å². The molecule has 2 nitrogen and oxygen atoms in total. The van der Waals surface area contributed by atoms with Crippen molar-refractivity contribution in [1.29, 1.82) is 0 Å². The molecule has 0 aliphatic rings. The summed E-state index contributed by atoms with van der Waals surface area (Å²) in [5.74, 6) is 2.24. The SMILES string of the molecule is CC(CN)CCCNCC(C)C(C)C. The number of nitrogens with two attached hydrogens (primary N) is 1. The van der Waals surface area contributed by atoms with Crippen molar-refractivity contribution >= 4 is 0 Å². The molecule has 0 aromatic heterocycles. The number of rotatable bonds is 8. The maximum atomic E-state index is 5.55. The molecular formula is C12H28N2. The molecule has 0 heterocycles. The Balaban J connectivity index is 3.21. The molecule has 0 aliphatic heterocycles. The van der Waals surface area contributed by atoms with E-state index in [4.69, 9.17) is 5.73 Å². The van der Waals surface area contributed by atoms with Crippen molar-refractivity contribution in [3.05, 3.63) is 0 Å². The molecule has 3 N–H and O–H groups in total. The summed E-state index contributed by atoms with van der Waals surface area (Å²) in [4.78, 5) is 0. The molecule has 0 rings (SSSR count). The Morgan fingerprint density at radius 1 is 1.14 bits per heavy atom. The van der Waals surface area contributed by atoms with Crippen molar-refractivity contribution in [3.8, 4) is 0 Å². The third-order valence-electron chi connectivity index (χ3n) is 3.06. The first-order valence-corrected chi connectivity index (χ1v) is 5.98. The fraction of sp³-hybridized carbons (Fsp3) is 1.00. The van der Waals surface area contributed by atoms with Crippen molar-refractivity contribution in [2.75, 3.05) is 19.6 Å². The van der Waals surface area contributed by atoms with Gasteiger partial charge < -0.3 is 11.1 Å². The van der Waals surface area contributed by atoms with E-state index in [1.54, 1.807) is 0 Å². The van der Waals surface area contributed by atoms with Crippen LogP contribution < -0.4 is 11.1 Å². The third kappa shape index (κ3) is 7.34. The minimum Gasteiger partial charge on any atom is -0.330 e. The number of nitrogens with one attached hydrogen (secondary N) is 1. The van der Waals surface area contributed by atoms with Gasteiger partial charge in [-0.3, -0.25) is 0 Å². The largest absolute Gasteiger partial charge is 0.330 e. The van der Waals surface area contributed by atoms with Crippen molar-refractivity contribution < 1.29 is 0 Å². The molecule has 0 spiro atoms. The second-order valence-corrected chi connectivity index (χ2v) is 4.91. The molecule has 0 radical (unpaired) electrons. The van der Waals surface area contributed by atoms with E-state index in [0.29, 0.717) is 5.92 Å². The summed E-state index contributed by atoms with van der Waals surface area (Å²) in [7, 11) is 0. The molecule has 0 aromatic carbocycles. The second kappa shape index (κ2) is 8.25. The van der Waals surface area contributed by atoms with Gasteiger partial charge in [0.2, 0.25) is 0 Å². The third-order valence-corrected chi connectivity index (χ3v) is 3.06. The molecule has 2 atom stereocenters. The summed E-state index contributed by atoms with van der Waals surface area (Å²) in [5, 5.41) is 3.51. The Bertz CT molecular complexity index is 123. The van der Waals surface area contributed by atoms with Gasteiger partial charge in [0.05, 0.1) is 0 Å². The van der Waals surface area contributed by atoms with E-state index in [9.17, 15) is 0 Å². The summed E-state index contributed by atoms with van der Waals surface area (Å²) in [6.07, 6.45) is 2.50. The highest BCUT2D eigenvalue weighted by molar-refractivity contribution is 4.61. The van der Waals surface area contributed by atoms with Gasteiger partial charge in [0.15, 0.2) is 0 Å². The lowest BCUT2D eigenvalue weighted by atomic mass is 9.98. The summed E-state index contributed by atoms with van der Waals surface area (Å²) in [6, 6.07) is 0. The van der Waals surface area contributed by atoms with Crippen LogP contribution >= 0.6 is 0 Å². The quantitative estimate of drug-likeness (QED) is 0.590. The molecule has 0 bridgehead atoms. The molecule has 0 fully saturated rings. The molecule has 0 aliphatic carbocycles. The highest BCUT2D eigenvalue weighted by atomic mass is 14.8.